The van der Waals surface area contributed by atoms with Crippen molar-refractivity contribution in [2.24, 2.45) is 5.10 Å². The van der Waals surface area contributed by atoms with Crippen LogP contribution in [-0.4, -0.2) is 28.7 Å². The lowest BCUT2D eigenvalue weighted by atomic mass is 9.90. The molecule has 1 aromatic heterocycles. The Morgan fingerprint density at radius 2 is 1.76 bits per heavy atom. The fourth-order valence-electron chi connectivity index (χ4n) is 4.72. The highest BCUT2D eigenvalue weighted by atomic mass is 16.5. The number of rotatable bonds is 4. The van der Waals surface area contributed by atoms with E-state index in [9.17, 15) is 9.59 Å². The molecule has 0 fully saturated rings. The smallest absolute Gasteiger partial charge is 0.258 e. The largest absolute Gasteiger partial charge is 0.496 e. The number of carbonyl (C=O) groups excluding carboxylic acids is 1. The van der Waals surface area contributed by atoms with Gasteiger partial charge in [-0.3, -0.25) is 9.59 Å². The second kappa shape index (κ2) is 8.63. The molecule has 5 rings (SSSR count). The maximum absolute atomic E-state index is 13.5. The molecule has 1 N–H and O–H groups in total. The van der Waals surface area contributed by atoms with E-state index in [0.29, 0.717) is 23.4 Å². The van der Waals surface area contributed by atoms with Gasteiger partial charge in [-0.25, -0.2) is 5.01 Å². The number of para-hydroxylation sites is 1. The number of hydrogen-bond donors (Lipinski definition) is 1. The zero-order valence-electron chi connectivity index (χ0n) is 19.3. The highest BCUT2D eigenvalue weighted by Gasteiger charge is 2.35. The summed E-state index contributed by atoms with van der Waals surface area (Å²) < 4.78 is 5.56. The lowest BCUT2D eigenvalue weighted by Gasteiger charge is -2.22. The van der Waals surface area contributed by atoms with Gasteiger partial charge in [-0.15, -0.1) is 0 Å². The predicted octanol–water partition coefficient (Wildman–Crippen LogP) is 5.21. The number of nitrogens with zero attached hydrogens (tertiary/aromatic N) is 2. The maximum atomic E-state index is 13.5. The first-order chi connectivity index (χ1) is 16.5. The normalized spacial score (nSPS) is 15.4. The van der Waals surface area contributed by atoms with Gasteiger partial charge >= 0.3 is 0 Å². The van der Waals surface area contributed by atoms with Crippen LogP contribution in [0.5, 0.6) is 5.75 Å². The molecular weight excluding hydrogens is 426 g/mol. The molecule has 170 valence electrons. The number of hydrazone groups is 1. The summed E-state index contributed by atoms with van der Waals surface area (Å²) in [7, 11) is 1.61. The van der Waals surface area contributed by atoms with Gasteiger partial charge in [-0.2, -0.15) is 5.10 Å². The Morgan fingerprint density at radius 1 is 1.03 bits per heavy atom. The zero-order chi connectivity index (χ0) is 23.8. The first kappa shape index (κ1) is 21.6. The molecule has 0 unspecified atom stereocenters. The Kier molecular flexibility index (Phi) is 5.49. The molecule has 1 aliphatic rings. The van der Waals surface area contributed by atoms with E-state index in [1.165, 1.54) is 11.9 Å². The molecule has 0 saturated heterocycles. The van der Waals surface area contributed by atoms with Crippen LogP contribution in [0.1, 0.15) is 36.1 Å². The van der Waals surface area contributed by atoms with Gasteiger partial charge in [0.1, 0.15) is 5.75 Å². The lowest BCUT2D eigenvalue weighted by Crippen LogP contribution is -2.24. The minimum absolute atomic E-state index is 0.194. The minimum atomic E-state index is -0.361. The van der Waals surface area contributed by atoms with Crippen molar-refractivity contribution in [3.05, 3.63) is 99.8 Å². The Labute approximate surface area is 197 Å². The topological polar surface area (TPSA) is 74.8 Å². The highest BCUT2D eigenvalue weighted by Crippen LogP contribution is 2.39. The number of ether oxygens (including phenoxy) is 1. The van der Waals surface area contributed by atoms with Crippen molar-refractivity contribution in [1.29, 1.82) is 0 Å². The van der Waals surface area contributed by atoms with Gasteiger partial charge < -0.3 is 9.72 Å². The number of pyridine rings is 1. The van der Waals surface area contributed by atoms with Gasteiger partial charge in [0, 0.05) is 35.4 Å². The number of aromatic nitrogens is 1. The van der Waals surface area contributed by atoms with Crippen molar-refractivity contribution in [2.75, 3.05) is 7.11 Å². The van der Waals surface area contributed by atoms with Gasteiger partial charge in [0.15, 0.2) is 0 Å². The average molecular weight is 452 g/mol. The molecule has 4 aromatic rings. The lowest BCUT2D eigenvalue weighted by molar-refractivity contribution is -0.130. The third-order valence-electron chi connectivity index (χ3n) is 6.25. The van der Waals surface area contributed by atoms with Crippen LogP contribution in [0.4, 0.5) is 0 Å². The van der Waals surface area contributed by atoms with Crippen LogP contribution < -0.4 is 10.3 Å². The van der Waals surface area contributed by atoms with Crippen LogP contribution in [-0.2, 0) is 4.79 Å². The second-order valence-corrected chi connectivity index (χ2v) is 8.49. The van der Waals surface area contributed by atoms with Crippen molar-refractivity contribution in [1.82, 2.24) is 9.99 Å². The SMILES string of the molecule is COc1ccccc1[C@@H]1CC(c2c(-c3ccccc3)c3cc(C)ccc3[nH]c2=O)=NN1C(C)=O. The first-order valence-electron chi connectivity index (χ1n) is 11.2. The second-order valence-electron chi connectivity index (χ2n) is 8.49. The summed E-state index contributed by atoms with van der Waals surface area (Å²) in [6.07, 6.45) is 0.403. The standard InChI is InChI=1S/C28H25N3O3/c1-17-13-14-22-21(15-17)26(19-9-5-4-6-10-19)27(28(33)29-22)23-16-24(31(30-23)18(2)32)20-11-7-8-12-25(20)34-3/h4-15,24H,16H2,1-3H3,(H,29,33)/t24-/m0/s1. The van der Waals surface area contributed by atoms with Crippen LogP contribution in [0, 0.1) is 6.92 Å². The Hall–Kier alpha value is -4.19. The summed E-state index contributed by atoms with van der Waals surface area (Å²) in [5.74, 6) is 0.488. The first-order valence-corrected chi connectivity index (χ1v) is 11.2. The summed E-state index contributed by atoms with van der Waals surface area (Å²) in [5.41, 5.74) is 5.31. The van der Waals surface area contributed by atoms with Gasteiger partial charge in [0.25, 0.3) is 5.56 Å². The summed E-state index contributed by atoms with van der Waals surface area (Å²) >= 11 is 0. The molecule has 0 saturated carbocycles. The predicted molar refractivity (Wildman–Crippen MR) is 134 cm³/mol. The monoisotopic (exact) mass is 451 g/mol. The van der Waals surface area contributed by atoms with Crippen molar-refractivity contribution >= 4 is 22.5 Å². The van der Waals surface area contributed by atoms with Crippen LogP contribution >= 0.6 is 0 Å². The van der Waals surface area contributed by atoms with Crippen LogP contribution in [0.3, 0.4) is 0 Å². The average Bonchev–Trinajstić information content (AvgIpc) is 3.29. The number of fused-ring (bicyclic) bond motifs is 1. The Morgan fingerprint density at radius 3 is 2.50 bits per heavy atom. The number of aryl methyl sites for hydroxylation is 1. The minimum Gasteiger partial charge on any atom is -0.496 e. The third kappa shape index (κ3) is 3.67. The number of methoxy groups -OCH3 is 1. The molecule has 0 radical (unpaired) electrons. The molecular formula is C28H25N3O3. The van der Waals surface area contributed by atoms with E-state index in [2.05, 4.69) is 11.1 Å². The molecule has 6 heteroatoms. The zero-order valence-corrected chi connectivity index (χ0v) is 19.3. The van der Waals surface area contributed by atoms with E-state index in [-0.39, 0.29) is 17.5 Å². The molecule has 0 bridgehead atoms. The van der Waals surface area contributed by atoms with Crippen molar-refractivity contribution in [3.63, 3.8) is 0 Å². The van der Waals surface area contributed by atoms with Crippen LogP contribution in [0.25, 0.3) is 22.0 Å². The van der Waals surface area contributed by atoms with Crippen LogP contribution in [0.2, 0.25) is 0 Å². The van der Waals surface area contributed by atoms with Gasteiger partial charge in [0.05, 0.1) is 24.4 Å². The van der Waals surface area contributed by atoms with E-state index in [1.807, 2.05) is 73.7 Å². The molecule has 6 nitrogen and oxygen atoms in total. The summed E-state index contributed by atoms with van der Waals surface area (Å²) in [4.78, 5) is 29.1. The Balaban J connectivity index is 1.75. The van der Waals surface area contributed by atoms with E-state index in [0.717, 1.165) is 33.2 Å². The van der Waals surface area contributed by atoms with Crippen molar-refractivity contribution in [2.45, 2.75) is 26.3 Å². The summed E-state index contributed by atoms with van der Waals surface area (Å²) in [6, 6.07) is 23.1. The molecule has 3 aromatic carbocycles. The van der Waals surface area contributed by atoms with Crippen molar-refractivity contribution in [3.8, 4) is 16.9 Å². The van der Waals surface area contributed by atoms with Gasteiger partial charge in [0.2, 0.25) is 5.91 Å². The van der Waals surface area contributed by atoms with Crippen molar-refractivity contribution < 1.29 is 9.53 Å². The number of nitrogens with one attached hydrogen (secondary N) is 1. The fraction of sp³-hybridized carbons (Fsp3) is 0.179. The number of amides is 1. The third-order valence-corrected chi connectivity index (χ3v) is 6.25. The van der Waals surface area contributed by atoms with E-state index >= 15 is 0 Å². The molecule has 2 heterocycles. The number of aromatic amines is 1. The molecule has 0 spiro atoms. The highest BCUT2D eigenvalue weighted by molar-refractivity contribution is 6.13. The number of benzene rings is 3. The molecule has 1 atom stereocenters. The quantitative estimate of drug-likeness (QED) is 0.463. The van der Waals surface area contributed by atoms with E-state index in [4.69, 9.17) is 9.84 Å². The van der Waals surface area contributed by atoms with Crippen LogP contribution in [0.15, 0.2) is 82.7 Å². The summed E-state index contributed by atoms with van der Waals surface area (Å²) in [6.45, 7) is 3.52. The number of hydrogen-bond acceptors (Lipinski definition) is 4. The maximum Gasteiger partial charge on any atom is 0.258 e. The van der Waals surface area contributed by atoms with Gasteiger partial charge in [-0.05, 0) is 30.7 Å². The molecule has 34 heavy (non-hydrogen) atoms. The van der Waals surface area contributed by atoms with E-state index in [1.54, 1.807) is 7.11 Å². The number of H-pyrrole nitrogens is 1. The molecule has 0 aliphatic carbocycles. The Bertz CT molecular complexity index is 1490. The van der Waals surface area contributed by atoms with Gasteiger partial charge in [-0.1, -0.05) is 60.2 Å². The fourth-order valence-corrected chi connectivity index (χ4v) is 4.72. The van der Waals surface area contributed by atoms with E-state index < -0.39 is 0 Å². The molecule has 1 aliphatic heterocycles. The number of carbonyl (C=O) groups is 1. The molecule has 1 amide bonds. The summed E-state index contributed by atoms with van der Waals surface area (Å²) in [5, 5.41) is 7.10.